The van der Waals surface area contributed by atoms with E-state index in [1.165, 1.54) is 42.3 Å². The van der Waals surface area contributed by atoms with Gasteiger partial charge in [0.25, 0.3) is 5.91 Å². The van der Waals surface area contributed by atoms with Crippen LogP contribution in [-0.4, -0.2) is 40.9 Å². The second-order valence-corrected chi connectivity index (χ2v) is 9.12. The van der Waals surface area contributed by atoms with Gasteiger partial charge < -0.3 is 20.3 Å². The summed E-state index contributed by atoms with van der Waals surface area (Å²) < 4.78 is 5.19. The molecule has 0 fully saturated rings. The van der Waals surface area contributed by atoms with Gasteiger partial charge in [0.1, 0.15) is 5.75 Å². The maximum absolute atomic E-state index is 13.8. The van der Waals surface area contributed by atoms with Crippen LogP contribution >= 0.6 is 23.2 Å². The Hall–Kier alpha value is -4.60. The van der Waals surface area contributed by atoms with Crippen LogP contribution in [0.2, 0.25) is 10.0 Å². The molecule has 198 valence electrons. The first kappa shape index (κ1) is 27.4. The molecule has 1 aliphatic heterocycles. The molecule has 0 radical (unpaired) electrons. The van der Waals surface area contributed by atoms with Crippen LogP contribution in [0.3, 0.4) is 0 Å². The zero-order valence-electron chi connectivity index (χ0n) is 20.2. The third-order valence-corrected chi connectivity index (χ3v) is 6.37. The fraction of sp³-hybridized carbons (Fsp3) is 0.0714. The van der Waals surface area contributed by atoms with Gasteiger partial charge in [-0.3, -0.25) is 19.3 Å². The molecule has 0 aliphatic carbocycles. The summed E-state index contributed by atoms with van der Waals surface area (Å²) in [5.41, 5.74) is 0.885. The Morgan fingerprint density at radius 1 is 1.00 bits per heavy atom. The number of halogens is 2. The number of carbonyl (C=O) groups excluding carboxylic acids is 3. The van der Waals surface area contributed by atoms with Gasteiger partial charge in [-0.2, -0.15) is 0 Å². The zero-order chi connectivity index (χ0) is 28.3. The maximum atomic E-state index is 13.8. The third kappa shape index (κ3) is 5.79. The minimum absolute atomic E-state index is 0.0675. The van der Waals surface area contributed by atoms with Gasteiger partial charge in [0.05, 0.1) is 23.7 Å². The number of hydrogen-bond donors (Lipinski definition) is 3. The highest BCUT2D eigenvalue weighted by Crippen LogP contribution is 2.43. The van der Waals surface area contributed by atoms with E-state index in [0.29, 0.717) is 28.1 Å². The molecule has 0 saturated carbocycles. The van der Waals surface area contributed by atoms with Gasteiger partial charge in [-0.15, -0.1) is 0 Å². The van der Waals surface area contributed by atoms with E-state index in [9.17, 15) is 24.3 Å². The van der Waals surface area contributed by atoms with E-state index in [-0.39, 0.29) is 21.8 Å². The number of Topliss-reactive ketones (excluding diaryl/α,β-unsaturated/α-hetero) is 1. The number of aliphatic carboxylic acids is 1. The average molecular weight is 567 g/mol. The Morgan fingerprint density at radius 2 is 1.72 bits per heavy atom. The molecule has 0 saturated heterocycles. The van der Waals surface area contributed by atoms with Gasteiger partial charge in [-0.25, -0.2) is 4.79 Å². The van der Waals surface area contributed by atoms with Crippen molar-refractivity contribution in [3.8, 4) is 5.75 Å². The lowest BCUT2D eigenvalue weighted by molar-refractivity contribution is -0.131. The monoisotopic (exact) mass is 566 g/mol. The molecular weight excluding hydrogens is 547 g/mol. The number of anilines is 2. The number of rotatable bonds is 8. The van der Waals surface area contributed by atoms with Crippen LogP contribution in [0.4, 0.5) is 11.4 Å². The van der Waals surface area contributed by atoms with Crippen molar-refractivity contribution in [2.24, 2.45) is 0 Å². The summed E-state index contributed by atoms with van der Waals surface area (Å²) in [6, 6.07) is 15.9. The van der Waals surface area contributed by atoms with E-state index in [0.717, 1.165) is 6.08 Å². The van der Waals surface area contributed by atoms with Crippen molar-refractivity contribution in [1.29, 1.82) is 0 Å². The van der Waals surface area contributed by atoms with Crippen LogP contribution in [0.15, 0.2) is 90.2 Å². The lowest BCUT2D eigenvalue weighted by Crippen LogP contribution is -2.31. The first-order valence-electron chi connectivity index (χ1n) is 11.3. The fourth-order valence-corrected chi connectivity index (χ4v) is 4.47. The Bertz CT molecular complexity index is 1550. The number of nitrogens with zero attached hydrogens (tertiary/aromatic N) is 1. The van der Waals surface area contributed by atoms with Crippen LogP contribution < -0.4 is 15.0 Å². The van der Waals surface area contributed by atoms with Crippen LogP contribution in [0.1, 0.15) is 22.0 Å². The Balaban J connectivity index is 1.76. The summed E-state index contributed by atoms with van der Waals surface area (Å²) in [5.74, 6) is -3.87. The van der Waals surface area contributed by atoms with Crippen molar-refractivity contribution in [3.05, 3.63) is 111 Å². The lowest BCUT2D eigenvalue weighted by atomic mass is 9.92. The van der Waals surface area contributed by atoms with Crippen LogP contribution in [-0.2, 0) is 14.4 Å². The number of carboxylic acids is 1. The van der Waals surface area contributed by atoms with E-state index in [1.54, 1.807) is 36.4 Å². The van der Waals surface area contributed by atoms with E-state index >= 15 is 0 Å². The van der Waals surface area contributed by atoms with Gasteiger partial charge in [0, 0.05) is 34.1 Å². The molecule has 1 heterocycles. The normalized spacial score (nSPS) is 15.1. The Morgan fingerprint density at radius 3 is 2.36 bits per heavy atom. The molecule has 39 heavy (non-hydrogen) atoms. The number of amides is 2. The molecule has 1 unspecified atom stereocenters. The lowest BCUT2D eigenvalue weighted by Gasteiger charge is -2.27. The number of ether oxygens (including phenoxy) is 1. The van der Waals surface area contributed by atoms with Gasteiger partial charge in [0.15, 0.2) is 11.5 Å². The summed E-state index contributed by atoms with van der Waals surface area (Å²) in [7, 11) is 1.45. The maximum Gasteiger partial charge on any atom is 0.328 e. The quantitative estimate of drug-likeness (QED) is 0.246. The summed E-state index contributed by atoms with van der Waals surface area (Å²) in [6.45, 7) is 0. The molecule has 3 aromatic rings. The van der Waals surface area contributed by atoms with E-state index in [2.05, 4.69) is 5.32 Å². The van der Waals surface area contributed by atoms with Gasteiger partial charge in [-0.1, -0.05) is 47.5 Å². The van der Waals surface area contributed by atoms with Crippen molar-refractivity contribution in [3.63, 3.8) is 0 Å². The largest absolute Gasteiger partial charge is 0.503 e. The Kier molecular flexibility index (Phi) is 8.04. The molecular formula is C28H20Cl2N2O7. The summed E-state index contributed by atoms with van der Waals surface area (Å²) in [4.78, 5) is 51.1. The molecule has 3 aromatic carbocycles. The minimum atomic E-state index is -1.29. The number of benzene rings is 3. The van der Waals surface area contributed by atoms with Crippen molar-refractivity contribution >= 4 is 58.1 Å². The molecule has 1 atom stereocenters. The van der Waals surface area contributed by atoms with Gasteiger partial charge in [-0.05, 0) is 48.0 Å². The predicted octanol–water partition coefficient (Wildman–Crippen LogP) is 5.36. The standard InChI is InChI=1S/C28H20Cl2N2O7/c1-39-21-10-9-19(14-20(21)30)32-25(15-5-7-17(29)8-6-15)24(27(37)28(32)38)26(36)16-3-2-4-18(13-16)31-22(33)11-12-23(34)35/h2-14,25,37H,1H3,(H,31,33)(H,34,35)/b12-11-. The van der Waals surface area contributed by atoms with Crippen molar-refractivity contribution < 1.29 is 34.1 Å². The van der Waals surface area contributed by atoms with E-state index in [1.807, 2.05) is 0 Å². The summed E-state index contributed by atoms with van der Waals surface area (Å²) in [6.07, 6.45) is 1.50. The molecule has 11 heteroatoms. The molecule has 9 nitrogen and oxygen atoms in total. The number of ketones is 1. The SMILES string of the molecule is COc1ccc(N2C(=O)C(O)=C(C(=O)c3cccc(NC(=O)/C=C\C(=O)O)c3)C2c2ccc(Cl)cc2)cc1Cl. The number of methoxy groups -OCH3 is 1. The second kappa shape index (κ2) is 11.4. The van der Waals surface area contributed by atoms with Crippen molar-refractivity contribution in [2.75, 3.05) is 17.3 Å². The first-order valence-corrected chi connectivity index (χ1v) is 12.1. The second-order valence-electron chi connectivity index (χ2n) is 8.28. The molecule has 4 rings (SSSR count). The number of carbonyl (C=O) groups is 4. The molecule has 0 aromatic heterocycles. The summed E-state index contributed by atoms with van der Waals surface area (Å²) >= 11 is 12.4. The van der Waals surface area contributed by atoms with Crippen LogP contribution in [0, 0.1) is 0 Å². The number of hydrogen-bond acceptors (Lipinski definition) is 6. The highest BCUT2D eigenvalue weighted by atomic mass is 35.5. The van der Waals surface area contributed by atoms with Gasteiger partial charge >= 0.3 is 5.97 Å². The van der Waals surface area contributed by atoms with Crippen LogP contribution in [0.5, 0.6) is 5.75 Å². The number of aliphatic hydroxyl groups is 1. The number of nitrogens with one attached hydrogen (secondary N) is 1. The topological polar surface area (TPSA) is 133 Å². The number of carboxylic acid groups (broad SMARTS) is 1. The van der Waals surface area contributed by atoms with Crippen molar-refractivity contribution in [2.45, 2.75) is 6.04 Å². The van der Waals surface area contributed by atoms with E-state index in [4.69, 9.17) is 33.0 Å². The van der Waals surface area contributed by atoms with Crippen molar-refractivity contribution in [1.82, 2.24) is 0 Å². The molecule has 0 bridgehead atoms. The summed E-state index contributed by atoms with van der Waals surface area (Å²) in [5, 5.41) is 22.8. The minimum Gasteiger partial charge on any atom is -0.503 e. The third-order valence-electron chi connectivity index (χ3n) is 5.82. The first-order chi connectivity index (χ1) is 18.6. The molecule has 0 spiro atoms. The zero-order valence-corrected chi connectivity index (χ0v) is 21.7. The highest BCUT2D eigenvalue weighted by molar-refractivity contribution is 6.32. The molecule has 3 N–H and O–H groups in total. The smallest absolute Gasteiger partial charge is 0.328 e. The predicted molar refractivity (Wildman–Crippen MR) is 146 cm³/mol. The van der Waals surface area contributed by atoms with Gasteiger partial charge in [0.2, 0.25) is 5.91 Å². The fourth-order valence-electron chi connectivity index (χ4n) is 4.09. The molecule has 2 amide bonds. The highest BCUT2D eigenvalue weighted by Gasteiger charge is 2.44. The van der Waals surface area contributed by atoms with E-state index < -0.39 is 35.4 Å². The number of aliphatic hydroxyl groups excluding tert-OH is 1. The molecule has 1 aliphatic rings. The Labute approximate surface area is 232 Å². The van der Waals surface area contributed by atoms with Crippen LogP contribution in [0.25, 0.3) is 0 Å². The average Bonchev–Trinajstić information content (AvgIpc) is 3.17.